The van der Waals surface area contributed by atoms with Crippen molar-refractivity contribution in [3.8, 4) is 0 Å². The molecule has 1 aromatic carbocycles. The van der Waals surface area contributed by atoms with E-state index in [0.717, 1.165) is 10.0 Å². The van der Waals surface area contributed by atoms with E-state index < -0.39 is 10.0 Å². The summed E-state index contributed by atoms with van der Waals surface area (Å²) in [7, 11) is -2.08. The van der Waals surface area contributed by atoms with E-state index in [1.165, 1.54) is 36.2 Å². The van der Waals surface area contributed by atoms with Gasteiger partial charge < -0.3 is 5.73 Å². The standard InChI is InChI=1S/C11H13N3O2S3/c1-7-6-17-11(14-7)18-10-5-8(3-4-9(10)12)19(15,16)13-2/h3-6,13H,12H2,1-2H3. The van der Waals surface area contributed by atoms with Crippen molar-refractivity contribution in [2.45, 2.75) is 21.1 Å². The maximum atomic E-state index is 11.7. The molecular weight excluding hydrogens is 302 g/mol. The molecule has 0 spiro atoms. The van der Waals surface area contributed by atoms with Gasteiger partial charge in [-0.3, -0.25) is 0 Å². The largest absolute Gasteiger partial charge is 0.398 e. The molecule has 5 nitrogen and oxygen atoms in total. The molecular formula is C11H13N3O2S3. The van der Waals surface area contributed by atoms with Gasteiger partial charge in [0.05, 0.1) is 4.90 Å². The molecule has 0 saturated heterocycles. The number of nitrogens with zero attached hydrogens (tertiary/aromatic N) is 1. The SMILES string of the molecule is CNS(=O)(=O)c1ccc(N)c(Sc2nc(C)cs2)c1. The summed E-state index contributed by atoms with van der Waals surface area (Å²) in [6.45, 7) is 1.91. The summed E-state index contributed by atoms with van der Waals surface area (Å²) in [6.07, 6.45) is 0. The Hall–Kier alpha value is -1.09. The number of sulfonamides is 1. The number of nitrogen functional groups attached to an aromatic ring is 1. The van der Waals surface area contributed by atoms with Gasteiger partial charge in [-0.05, 0) is 32.2 Å². The van der Waals surface area contributed by atoms with Crippen LogP contribution in [0.1, 0.15) is 5.69 Å². The second-order valence-electron chi connectivity index (χ2n) is 3.76. The summed E-state index contributed by atoms with van der Waals surface area (Å²) in [6, 6.07) is 4.63. The molecule has 3 N–H and O–H groups in total. The molecule has 0 amide bonds. The Kier molecular flexibility index (Phi) is 4.14. The Morgan fingerprint density at radius 1 is 1.42 bits per heavy atom. The highest BCUT2D eigenvalue weighted by Gasteiger charge is 2.14. The number of aryl methyl sites for hydroxylation is 1. The van der Waals surface area contributed by atoms with Crippen LogP contribution in [0.4, 0.5) is 5.69 Å². The molecule has 0 aliphatic rings. The van der Waals surface area contributed by atoms with Crippen LogP contribution in [0.2, 0.25) is 0 Å². The fourth-order valence-electron chi connectivity index (χ4n) is 1.36. The van der Waals surface area contributed by atoms with Crippen molar-refractivity contribution in [3.05, 3.63) is 29.3 Å². The van der Waals surface area contributed by atoms with Crippen LogP contribution in [0, 0.1) is 6.92 Å². The minimum atomic E-state index is -3.46. The Labute approximate surface area is 120 Å². The van der Waals surface area contributed by atoms with E-state index in [9.17, 15) is 8.42 Å². The molecule has 102 valence electrons. The molecule has 2 rings (SSSR count). The Bertz CT molecular complexity index is 695. The van der Waals surface area contributed by atoms with Crippen molar-refractivity contribution in [2.75, 3.05) is 12.8 Å². The summed E-state index contributed by atoms with van der Waals surface area (Å²) < 4.78 is 26.6. The van der Waals surface area contributed by atoms with E-state index in [0.29, 0.717) is 10.6 Å². The number of anilines is 1. The number of nitrogens with one attached hydrogen (secondary N) is 1. The van der Waals surface area contributed by atoms with Gasteiger partial charge in [0.25, 0.3) is 0 Å². The van der Waals surface area contributed by atoms with Gasteiger partial charge >= 0.3 is 0 Å². The highest BCUT2D eigenvalue weighted by atomic mass is 32.2. The van der Waals surface area contributed by atoms with Gasteiger partial charge in [0, 0.05) is 21.7 Å². The number of rotatable bonds is 4. The molecule has 19 heavy (non-hydrogen) atoms. The van der Waals surface area contributed by atoms with Gasteiger partial charge in [0.15, 0.2) is 4.34 Å². The van der Waals surface area contributed by atoms with Crippen LogP contribution in [0.25, 0.3) is 0 Å². The molecule has 1 heterocycles. The topological polar surface area (TPSA) is 85.1 Å². The van der Waals surface area contributed by atoms with E-state index in [4.69, 9.17) is 5.73 Å². The molecule has 0 fully saturated rings. The van der Waals surface area contributed by atoms with Gasteiger partial charge in [-0.1, -0.05) is 11.8 Å². The molecule has 2 aromatic rings. The molecule has 0 bridgehead atoms. The predicted molar refractivity (Wildman–Crippen MR) is 78.1 cm³/mol. The van der Waals surface area contributed by atoms with Crippen LogP contribution < -0.4 is 10.5 Å². The zero-order chi connectivity index (χ0) is 14.0. The van der Waals surface area contributed by atoms with Crippen molar-refractivity contribution in [2.24, 2.45) is 0 Å². The molecule has 8 heteroatoms. The third-order valence-electron chi connectivity index (χ3n) is 2.36. The lowest BCUT2D eigenvalue weighted by atomic mass is 10.3. The van der Waals surface area contributed by atoms with Crippen LogP contribution in [0.5, 0.6) is 0 Å². The van der Waals surface area contributed by atoms with Crippen molar-refractivity contribution >= 4 is 38.8 Å². The monoisotopic (exact) mass is 315 g/mol. The average Bonchev–Trinajstić information content (AvgIpc) is 2.77. The van der Waals surface area contributed by atoms with Crippen molar-refractivity contribution in [1.29, 1.82) is 0 Å². The smallest absolute Gasteiger partial charge is 0.240 e. The van der Waals surface area contributed by atoms with Crippen LogP contribution in [-0.2, 0) is 10.0 Å². The zero-order valence-corrected chi connectivity index (χ0v) is 12.8. The van der Waals surface area contributed by atoms with Gasteiger partial charge in [0.2, 0.25) is 10.0 Å². The van der Waals surface area contributed by atoms with Gasteiger partial charge in [-0.25, -0.2) is 18.1 Å². The van der Waals surface area contributed by atoms with Gasteiger partial charge in [0.1, 0.15) is 0 Å². The summed E-state index contributed by atoms with van der Waals surface area (Å²) in [5, 5.41) is 1.94. The van der Waals surface area contributed by atoms with E-state index in [2.05, 4.69) is 9.71 Å². The quantitative estimate of drug-likeness (QED) is 0.844. The van der Waals surface area contributed by atoms with E-state index >= 15 is 0 Å². The molecule has 0 saturated carbocycles. The third kappa shape index (κ3) is 3.27. The molecule has 0 radical (unpaired) electrons. The minimum Gasteiger partial charge on any atom is -0.398 e. The number of hydrogen-bond acceptors (Lipinski definition) is 6. The lowest BCUT2D eigenvalue weighted by Crippen LogP contribution is -2.18. The third-order valence-corrected chi connectivity index (χ3v) is 5.90. The van der Waals surface area contributed by atoms with E-state index in [-0.39, 0.29) is 4.90 Å². The fourth-order valence-corrected chi connectivity index (χ4v) is 4.07. The summed E-state index contributed by atoms with van der Waals surface area (Å²) >= 11 is 2.87. The van der Waals surface area contributed by atoms with Gasteiger partial charge in [-0.2, -0.15) is 0 Å². The first-order valence-electron chi connectivity index (χ1n) is 5.35. The number of nitrogens with two attached hydrogens (primary N) is 1. The van der Waals surface area contributed by atoms with Crippen LogP contribution in [-0.4, -0.2) is 20.4 Å². The first-order chi connectivity index (χ1) is 8.92. The molecule has 0 atom stereocenters. The Morgan fingerprint density at radius 2 is 2.16 bits per heavy atom. The van der Waals surface area contributed by atoms with Crippen molar-refractivity contribution in [1.82, 2.24) is 9.71 Å². The maximum absolute atomic E-state index is 11.7. The Morgan fingerprint density at radius 3 is 2.74 bits per heavy atom. The fraction of sp³-hybridized carbons (Fsp3) is 0.182. The van der Waals surface area contributed by atoms with Crippen LogP contribution in [0.3, 0.4) is 0 Å². The predicted octanol–water partition coefficient (Wildman–Crippen LogP) is 2.09. The second kappa shape index (κ2) is 5.49. The first kappa shape index (κ1) is 14.3. The lowest BCUT2D eigenvalue weighted by Gasteiger charge is -2.07. The molecule has 1 aromatic heterocycles. The molecule has 0 unspecified atom stereocenters. The van der Waals surface area contributed by atoms with Crippen LogP contribution in [0.15, 0.2) is 37.7 Å². The normalized spacial score (nSPS) is 11.7. The maximum Gasteiger partial charge on any atom is 0.240 e. The summed E-state index contributed by atoms with van der Waals surface area (Å²) in [5.41, 5.74) is 7.34. The number of thiazole rings is 1. The number of hydrogen-bond donors (Lipinski definition) is 2. The van der Waals surface area contributed by atoms with E-state index in [1.807, 2.05) is 12.3 Å². The minimum absolute atomic E-state index is 0.194. The lowest BCUT2D eigenvalue weighted by molar-refractivity contribution is 0.588. The van der Waals surface area contributed by atoms with E-state index in [1.54, 1.807) is 12.1 Å². The van der Waals surface area contributed by atoms with Crippen molar-refractivity contribution in [3.63, 3.8) is 0 Å². The second-order valence-corrected chi connectivity index (χ2v) is 7.80. The molecule has 0 aliphatic heterocycles. The first-order valence-corrected chi connectivity index (χ1v) is 8.53. The summed E-state index contributed by atoms with van der Waals surface area (Å²) in [4.78, 5) is 5.20. The zero-order valence-electron chi connectivity index (χ0n) is 10.4. The number of benzene rings is 1. The summed E-state index contributed by atoms with van der Waals surface area (Å²) in [5.74, 6) is 0. The highest BCUT2D eigenvalue weighted by molar-refractivity contribution is 8.01. The highest BCUT2D eigenvalue weighted by Crippen LogP contribution is 2.35. The molecule has 0 aliphatic carbocycles. The average molecular weight is 315 g/mol. The van der Waals surface area contributed by atoms with Crippen LogP contribution >= 0.6 is 23.1 Å². The number of aromatic nitrogens is 1. The Balaban J connectivity index is 2.38. The van der Waals surface area contributed by atoms with Crippen molar-refractivity contribution < 1.29 is 8.42 Å². The van der Waals surface area contributed by atoms with Gasteiger partial charge in [-0.15, -0.1) is 11.3 Å².